The van der Waals surface area contributed by atoms with Crippen molar-refractivity contribution in [2.24, 2.45) is 4.99 Å². The second-order valence-electron chi connectivity index (χ2n) is 7.27. The normalized spacial score (nSPS) is 16.7. The van der Waals surface area contributed by atoms with Crippen LogP contribution in [0.5, 0.6) is 0 Å². The molecule has 1 saturated heterocycles. The summed E-state index contributed by atoms with van der Waals surface area (Å²) in [7, 11) is 1.79. The zero-order chi connectivity index (χ0) is 20.8. The van der Waals surface area contributed by atoms with E-state index < -0.39 is 0 Å². The lowest BCUT2D eigenvalue weighted by molar-refractivity contribution is 0.635. The fourth-order valence-corrected chi connectivity index (χ4v) is 3.90. The molecular formula is C22H26ClN7. The van der Waals surface area contributed by atoms with Gasteiger partial charge in [0.15, 0.2) is 5.96 Å². The van der Waals surface area contributed by atoms with Gasteiger partial charge >= 0.3 is 0 Å². The number of hydrogen-bond acceptors (Lipinski definition) is 4. The van der Waals surface area contributed by atoms with E-state index in [1.165, 1.54) is 5.56 Å². The average molecular weight is 424 g/mol. The molecule has 3 heterocycles. The molecule has 1 unspecified atom stereocenters. The van der Waals surface area contributed by atoms with Crippen molar-refractivity contribution in [3.63, 3.8) is 0 Å². The predicted octanol–water partition coefficient (Wildman–Crippen LogP) is 2.92. The van der Waals surface area contributed by atoms with E-state index in [0.717, 1.165) is 43.7 Å². The average Bonchev–Trinajstić information content (AvgIpc) is 3.41. The molecule has 2 aromatic heterocycles. The van der Waals surface area contributed by atoms with Crippen LogP contribution in [0.1, 0.15) is 17.8 Å². The molecule has 0 saturated carbocycles. The summed E-state index contributed by atoms with van der Waals surface area (Å²) >= 11 is 6.29. The van der Waals surface area contributed by atoms with Gasteiger partial charge in [-0.2, -0.15) is 0 Å². The molecule has 3 aromatic rings. The molecule has 1 aliphatic heterocycles. The fraction of sp³-hybridized carbons (Fsp3) is 0.318. The Morgan fingerprint density at radius 2 is 2.03 bits per heavy atom. The monoisotopic (exact) mass is 423 g/mol. The fourth-order valence-electron chi connectivity index (χ4n) is 3.66. The van der Waals surface area contributed by atoms with Crippen LogP contribution in [0.3, 0.4) is 0 Å². The molecule has 156 valence electrons. The maximum atomic E-state index is 6.29. The molecule has 0 bridgehead atoms. The van der Waals surface area contributed by atoms with Crippen LogP contribution in [0.15, 0.2) is 66.0 Å². The van der Waals surface area contributed by atoms with Gasteiger partial charge in [0.1, 0.15) is 11.6 Å². The van der Waals surface area contributed by atoms with E-state index in [1.54, 1.807) is 13.2 Å². The number of halogens is 1. The predicted molar refractivity (Wildman–Crippen MR) is 121 cm³/mol. The number of guanidine groups is 1. The molecule has 1 atom stereocenters. The van der Waals surface area contributed by atoms with Crippen LogP contribution in [0.4, 0.5) is 5.82 Å². The number of benzene rings is 1. The minimum atomic E-state index is 0.276. The van der Waals surface area contributed by atoms with Crippen LogP contribution < -0.4 is 15.5 Å². The minimum Gasteiger partial charge on any atom is -0.353 e. The highest BCUT2D eigenvalue weighted by Crippen LogP contribution is 2.25. The van der Waals surface area contributed by atoms with Gasteiger partial charge in [0, 0.05) is 51.3 Å². The Balaban J connectivity index is 1.31. The number of rotatable bonds is 6. The molecule has 1 aliphatic rings. The Kier molecular flexibility index (Phi) is 6.49. The summed E-state index contributed by atoms with van der Waals surface area (Å²) in [6.45, 7) is 3.14. The molecule has 30 heavy (non-hydrogen) atoms. The van der Waals surface area contributed by atoms with Crippen molar-refractivity contribution in [1.29, 1.82) is 0 Å². The van der Waals surface area contributed by atoms with Gasteiger partial charge in [-0.05, 0) is 24.1 Å². The number of hydrogen-bond donors (Lipinski definition) is 2. The van der Waals surface area contributed by atoms with Gasteiger partial charge in [0.25, 0.3) is 0 Å². The molecule has 7 nitrogen and oxygen atoms in total. The summed E-state index contributed by atoms with van der Waals surface area (Å²) in [5, 5.41) is 7.58. The van der Waals surface area contributed by atoms with E-state index in [0.29, 0.717) is 11.6 Å². The first-order valence-corrected chi connectivity index (χ1v) is 10.5. The number of aromatic nitrogens is 3. The Hall–Kier alpha value is -3.06. The lowest BCUT2D eigenvalue weighted by Crippen LogP contribution is -2.44. The van der Waals surface area contributed by atoms with Gasteiger partial charge < -0.3 is 20.1 Å². The molecular weight excluding hydrogens is 398 g/mol. The summed E-state index contributed by atoms with van der Waals surface area (Å²) in [6.07, 6.45) is 6.61. The molecule has 0 aliphatic carbocycles. The van der Waals surface area contributed by atoms with Crippen molar-refractivity contribution in [2.45, 2.75) is 25.6 Å². The van der Waals surface area contributed by atoms with Crippen LogP contribution in [0.2, 0.25) is 5.02 Å². The van der Waals surface area contributed by atoms with E-state index in [9.17, 15) is 0 Å². The summed E-state index contributed by atoms with van der Waals surface area (Å²) in [5.41, 5.74) is 1.25. The molecule has 4 rings (SSSR count). The van der Waals surface area contributed by atoms with Gasteiger partial charge in [0.2, 0.25) is 0 Å². The number of pyridine rings is 1. The lowest BCUT2D eigenvalue weighted by atomic mass is 10.2. The number of nitrogens with one attached hydrogen (secondary N) is 2. The van der Waals surface area contributed by atoms with Crippen molar-refractivity contribution in [1.82, 2.24) is 25.2 Å². The highest BCUT2D eigenvalue weighted by Gasteiger charge is 2.25. The van der Waals surface area contributed by atoms with Crippen molar-refractivity contribution in [2.75, 3.05) is 25.0 Å². The highest BCUT2D eigenvalue weighted by atomic mass is 35.5. The third kappa shape index (κ3) is 4.91. The standard InChI is InChI=1S/C22H26ClN7/c1-24-22(28-18-9-12-30(16-18)21-19(23)8-5-10-26-21)27-14-20-25-11-13-29(20)15-17-6-3-2-4-7-17/h2-8,10-11,13,18H,9,12,14-16H2,1H3,(H2,24,27,28). The number of anilines is 1. The zero-order valence-electron chi connectivity index (χ0n) is 17.0. The van der Waals surface area contributed by atoms with E-state index in [4.69, 9.17) is 11.6 Å². The summed E-state index contributed by atoms with van der Waals surface area (Å²) in [4.78, 5) is 15.5. The third-order valence-corrected chi connectivity index (χ3v) is 5.50. The first-order valence-electron chi connectivity index (χ1n) is 10.1. The highest BCUT2D eigenvalue weighted by molar-refractivity contribution is 6.32. The Labute approximate surface area is 181 Å². The van der Waals surface area contributed by atoms with Gasteiger partial charge in [-0.1, -0.05) is 41.9 Å². The van der Waals surface area contributed by atoms with Crippen LogP contribution in [-0.4, -0.2) is 46.7 Å². The van der Waals surface area contributed by atoms with Crippen molar-refractivity contribution >= 4 is 23.4 Å². The molecule has 0 amide bonds. The van der Waals surface area contributed by atoms with Crippen LogP contribution >= 0.6 is 11.6 Å². The quantitative estimate of drug-likeness (QED) is 0.471. The van der Waals surface area contributed by atoms with Crippen LogP contribution in [0, 0.1) is 0 Å². The second-order valence-corrected chi connectivity index (χ2v) is 7.67. The van der Waals surface area contributed by atoms with Crippen molar-refractivity contribution in [3.05, 3.63) is 77.5 Å². The SMILES string of the molecule is CN=C(NCc1nccn1Cc1ccccc1)NC1CCN(c2ncccc2Cl)C1. The number of nitrogens with zero attached hydrogens (tertiary/aromatic N) is 5. The Morgan fingerprint density at radius 3 is 2.83 bits per heavy atom. The Bertz CT molecular complexity index is 986. The lowest BCUT2D eigenvalue weighted by Gasteiger charge is -2.20. The van der Waals surface area contributed by atoms with E-state index in [-0.39, 0.29) is 6.04 Å². The maximum Gasteiger partial charge on any atom is 0.191 e. The van der Waals surface area contributed by atoms with E-state index in [1.807, 2.05) is 30.6 Å². The molecule has 8 heteroatoms. The van der Waals surface area contributed by atoms with Gasteiger partial charge in [-0.15, -0.1) is 0 Å². The largest absolute Gasteiger partial charge is 0.353 e. The third-order valence-electron chi connectivity index (χ3n) is 5.20. The first-order chi connectivity index (χ1) is 14.7. The number of aliphatic imine (C=N–C) groups is 1. The summed E-state index contributed by atoms with van der Waals surface area (Å²) in [6, 6.07) is 14.4. The molecule has 2 N–H and O–H groups in total. The van der Waals surface area contributed by atoms with Crippen LogP contribution in [0.25, 0.3) is 0 Å². The summed E-state index contributed by atoms with van der Waals surface area (Å²) < 4.78 is 2.15. The first kappa shape index (κ1) is 20.2. The van der Waals surface area contributed by atoms with Gasteiger partial charge in [0.05, 0.1) is 11.6 Å². The second kappa shape index (κ2) is 9.63. The summed E-state index contributed by atoms with van der Waals surface area (Å²) in [5.74, 6) is 2.58. The van der Waals surface area contributed by atoms with Gasteiger partial charge in [-0.3, -0.25) is 4.99 Å². The van der Waals surface area contributed by atoms with E-state index >= 15 is 0 Å². The Morgan fingerprint density at radius 1 is 1.17 bits per heavy atom. The number of imidazole rings is 1. The minimum absolute atomic E-state index is 0.276. The molecule has 0 radical (unpaired) electrons. The van der Waals surface area contributed by atoms with Crippen molar-refractivity contribution in [3.8, 4) is 0 Å². The smallest absolute Gasteiger partial charge is 0.191 e. The maximum absolute atomic E-state index is 6.29. The molecule has 0 spiro atoms. The molecule has 1 aromatic carbocycles. The van der Waals surface area contributed by atoms with Crippen molar-refractivity contribution < 1.29 is 0 Å². The zero-order valence-corrected chi connectivity index (χ0v) is 17.8. The topological polar surface area (TPSA) is 70.4 Å². The van der Waals surface area contributed by atoms with Crippen LogP contribution in [-0.2, 0) is 13.1 Å². The van der Waals surface area contributed by atoms with E-state index in [2.05, 4.69) is 59.3 Å². The van der Waals surface area contributed by atoms with Gasteiger partial charge in [-0.25, -0.2) is 9.97 Å². The molecule has 1 fully saturated rings.